The first kappa shape index (κ1) is 21.0. The summed E-state index contributed by atoms with van der Waals surface area (Å²) in [6, 6.07) is 7.49. The van der Waals surface area contributed by atoms with Gasteiger partial charge in [0.2, 0.25) is 12.3 Å². The van der Waals surface area contributed by atoms with E-state index in [0.29, 0.717) is 24.8 Å². The van der Waals surface area contributed by atoms with E-state index in [1.807, 2.05) is 6.92 Å². The Hall–Kier alpha value is -2.26. The molecule has 0 saturated carbocycles. The van der Waals surface area contributed by atoms with Gasteiger partial charge in [0.15, 0.2) is 0 Å². The lowest BCUT2D eigenvalue weighted by Gasteiger charge is -2.12. The number of benzene rings is 1. The van der Waals surface area contributed by atoms with E-state index in [2.05, 4.69) is 10.3 Å². The predicted molar refractivity (Wildman–Crippen MR) is 96.1 cm³/mol. The van der Waals surface area contributed by atoms with Crippen molar-refractivity contribution in [1.82, 2.24) is 10.3 Å². The van der Waals surface area contributed by atoms with Crippen molar-refractivity contribution in [3.63, 3.8) is 0 Å². The van der Waals surface area contributed by atoms with Crippen molar-refractivity contribution in [1.29, 1.82) is 0 Å². The Morgan fingerprint density at radius 1 is 1.37 bits per heavy atom. The highest BCUT2D eigenvalue weighted by atomic mass is 35.5. The Bertz CT molecular complexity index is 816. The van der Waals surface area contributed by atoms with Gasteiger partial charge in [-0.05, 0) is 30.2 Å². The summed E-state index contributed by atoms with van der Waals surface area (Å²) in [6.45, 7) is 1.84. The Morgan fingerprint density at radius 3 is 2.59 bits per heavy atom. The third-order valence-corrected chi connectivity index (χ3v) is 4.45. The summed E-state index contributed by atoms with van der Waals surface area (Å²) in [6.07, 6.45) is -2.99. The van der Waals surface area contributed by atoms with Crippen LogP contribution in [0.4, 0.5) is 18.0 Å². The number of carbonyl (C=O) groups is 2. The Kier molecular flexibility index (Phi) is 7.09. The van der Waals surface area contributed by atoms with Gasteiger partial charge in [0.05, 0.1) is 5.56 Å². The monoisotopic (exact) mass is 418 g/mol. The van der Waals surface area contributed by atoms with Crippen molar-refractivity contribution in [2.45, 2.75) is 24.8 Å². The number of hydrogen-bond acceptors (Lipinski definition) is 5. The second-order valence-electron chi connectivity index (χ2n) is 5.44. The number of nitrogens with one attached hydrogen (secondary N) is 1. The lowest BCUT2D eigenvalue weighted by molar-refractivity contribution is -0.137. The van der Waals surface area contributed by atoms with Crippen LogP contribution in [0.2, 0.25) is 5.02 Å². The summed E-state index contributed by atoms with van der Waals surface area (Å²) in [5.74, 6) is 0.221. The van der Waals surface area contributed by atoms with E-state index in [0.717, 1.165) is 23.4 Å². The van der Waals surface area contributed by atoms with Gasteiger partial charge < -0.3 is 4.74 Å². The first-order valence-corrected chi connectivity index (χ1v) is 8.85. The largest absolute Gasteiger partial charge is 0.438 e. The zero-order valence-electron chi connectivity index (χ0n) is 13.9. The maximum atomic E-state index is 12.6. The standard InChI is InChI=1S/C17H14ClF3N2O3S/c1-10(27-16(25)23-9-24)6-11-2-4-13(5-3-11)26-15-14(18)7-12(8-22-15)17(19,20)21/h2-5,7-10H,6H2,1H3,(H,23,24,25). The molecule has 0 radical (unpaired) electrons. The van der Waals surface area contributed by atoms with Crippen LogP contribution >= 0.6 is 23.4 Å². The summed E-state index contributed by atoms with van der Waals surface area (Å²) in [7, 11) is 0. The fourth-order valence-corrected chi connectivity index (χ4v) is 3.06. The minimum Gasteiger partial charge on any atom is -0.438 e. The van der Waals surface area contributed by atoms with Gasteiger partial charge in [0, 0.05) is 11.4 Å². The number of aromatic nitrogens is 1. The van der Waals surface area contributed by atoms with Crippen LogP contribution < -0.4 is 10.1 Å². The minimum absolute atomic E-state index is 0.0669. The summed E-state index contributed by atoms with van der Waals surface area (Å²) < 4.78 is 43.3. The second-order valence-corrected chi connectivity index (χ2v) is 7.26. The normalized spacial score (nSPS) is 12.3. The van der Waals surface area contributed by atoms with E-state index in [9.17, 15) is 22.8 Å². The fraction of sp³-hybridized carbons (Fsp3) is 0.235. The van der Waals surface area contributed by atoms with E-state index in [1.54, 1.807) is 24.3 Å². The molecule has 1 heterocycles. The van der Waals surface area contributed by atoms with Gasteiger partial charge in [0.25, 0.3) is 5.24 Å². The second kappa shape index (κ2) is 9.09. The molecule has 0 aliphatic carbocycles. The highest BCUT2D eigenvalue weighted by molar-refractivity contribution is 8.14. The molecule has 2 amide bonds. The number of halogens is 4. The topological polar surface area (TPSA) is 68.3 Å². The van der Waals surface area contributed by atoms with E-state index in [-0.39, 0.29) is 16.2 Å². The molecule has 1 aromatic carbocycles. The molecule has 27 heavy (non-hydrogen) atoms. The van der Waals surface area contributed by atoms with Crippen LogP contribution in [0.15, 0.2) is 36.5 Å². The van der Waals surface area contributed by atoms with Crippen molar-refractivity contribution in [2.24, 2.45) is 0 Å². The number of pyridine rings is 1. The number of carbonyl (C=O) groups excluding carboxylic acids is 2. The number of nitrogens with zero attached hydrogens (tertiary/aromatic N) is 1. The number of alkyl halides is 3. The van der Waals surface area contributed by atoms with Crippen molar-refractivity contribution < 1.29 is 27.5 Å². The number of thioether (sulfide) groups is 1. The molecule has 1 atom stereocenters. The maximum Gasteiger partial charge on any atom is 0.417 e. The van der Waals surface area contributed by atoms with Crippen molar-refractivity contribution in [2.75, 3.05) is 0 Å². The fourth-order valence-electron chi connectivity index (χ4n) is 2.10. The lowest BCUT2D eigenvalue weighted by Crippen LogP contribution is -2.19. The maximum absolute atomic E-state index is 12.6. The third kappa shape index (κ3) is 6.44. The highest BCUT2D eigenvalue weighted by Gasteiger charge is 2.31. The number of amides is 2. The van der Waals surface area contributed by atoms with E-state index in [4.69, 9.17) is 16.3 Å². The Morgan fingerprint density at radius 2 is 2.04 bits per heavy atom. The van der Waals surface area contributed by atoms with Crippen LogP contribution in [-0.2, 0) is 17.4 Å². The molecule has 1 N–H and O–H groups in total. The van der Waals surface area contributed by atoms with Gasteiger partial charge in [-0.3, -0.25) is 14.9 Å². The molecule has 10 heteroatoms. The van der Waals surface area contributed by atoms with E-state index >= 15 is 0 Å². The molecule has 1 aromatic heterocycles. The summed E-state index contributed by atoms with van der Waals surface area (Å²) >= 11 is 6.81. The molecule has 0 aliphatic heterocycles. The Balaban J connectivity index is 1.99. The molecule has 144 valence electrons. The predicted octanol–water partition coefficient (Wildman–Crippen LogP) is 5.08. The molecule has 0 aliphatic rings. The highest BCUT2D eigenvalue weighted by Crippen LogP contribution is 2.34. The molecule has 1 unspecified atom stereocenters. The van der Waals surface area contributed by atoms with E-state index < -0.39 is 17.0 Å². The number of hydrogen-bond donors (Lipinski definition) is 1. The molecule has 0 bridgehead atoms. The van der Waals surface area contributed by atoms with Gasteiger partial charge >= 0.3 is 6.18 Å². The molecule has 5 nitrogen and oxygen atoms in total. The van der Waals surface area contributed by atoms with Crippen LogP contribution in [0.25, 0.3) is 0 Å². The zero-order chi connectivity index (χ0) is 20.0. The lowest BCUT2D eigenvalue weighted by atomic mass is 10.1. The smallest absolute Gasteiger partial charge is 0.417 e. The van der Waals surface area contributed by atoms with Crippen molar-refractivity contribution in [3.05, 3.63) is 52.7 Å². The van der Waals surface area contributed by atoms with Crippen LogP contribution in [0, 0.1) is 0 Å². The summed E-state index contributed by atoms with van der Waals surface area (Å²) in [5, 5.41) is 1.30. The first-order chi connectivity index (χ1) is 12.7. The molecule has 0 spiro atoms. The minimum atomic E-state index is -4.53. The molecule has 0 saturated heterocycles. The van der Waals surface area contributed by atoms with Gasteiger partial charge in [-0.15, -0.1) is 0 Å². The third-order valence-electron chi connectivity index (χ3n) is 3.28. The van der Waals surface area contributed by atoms with Crippen molar-refractivity contribution >= 4 is 35.0 Å². The Labute approximate surface area is 162 Å². The SMILES string of the molecule is CC(Cc1ccc(Oc2ncc(C(F)(F)F)cc2Cl)cc1)SC(=O)NC=O. The van der Waals surface area contributed by atoms with Gasteiger partial charge in [0.1, 0.15) is 10.8 Å². The van der Waals surface area contributed by atoms with Gasteiger partial charge in [-0.1, -0.05) is 42.4 Å². The average molecular weight is 419 g/mol. The summed E-state index contributed by atoms with van der Waals surface area (Å²) in [5.41, 5.74) is -0.0481. The molecular weight excluding hydrogens is 405 g/mol. The number of ether oxygens (including phenoxy) is 1. The quantitative estimate of drug-likeness (QED) is 0.663. The molecule has 2 rings (SSSR count). The number of rotatable bonds is 6. The zero-order valence-corrected chi connectivity index (χ0v) is 15.5. The molecule has 2 aromatic rings. The van der Waals surface area contributed by atoms with Gasteiger partial charge in [-0.2, -0.15) is 13.2 Å². The van der Waals surface area contributed by atoms with Crippen LogP contribution in [0.3, 0.4) is 0 Å². The van der Waals surface area contributed by atoms with Crippen LogP contribution in [0.1, 0.15) is 18.1 Å². The average Bonchev–Trinajstić information content (AvgIpc) is 2.57. The van der Waals surface area contributed by atoms with Crippen LogP contribution in [-0.4, -0.2) is 21.9 Å². The summed E-state index contributed by atoms with van der Waals surface area (Å²) in [4.78, 5) is 25.1. The van der Waals surface area contributed by atoms with E-state index in [1.165, 1.54) is 0 Å². The first-order valence-electron chi connectivity index (χ1n) is 7.59. The molecule has 0 fully saturated rings. The van der Waals surface area contributed by atoms with Crippen molar-refractivity contribution in [3.8, 4) is 11.6 Å². The van der Waals surface area contributed by atoms with Gasteiger partial charge in [-0.25, -0.2) is 4.98 Å². The van der Waals surface area contributed by atoms with Crippen LogP contribution in [0.5, 0.6) is 11.6 Å². The number of imide groups is 1. The molecular formula is C17H14ClF3N2O3S.